The number of anilines is 2. The van der Waals surface area contributed by atoms with Crippen LogP contribution >= 0.6 is 0 Å². The number of aromatic amines is 1. The predicted molar refractivity (Wildman–Crippen MR) is 118 cm³/mol. The van der Waals surface area contributed by atoms with E-state index >= 15 is 0 Å². The zero-order chi connectivity index (χ0) is 23.3. The molecule has 0 saturated heterocycles. The van der Waals surface area contributed by atoms with Gasteiger partial charge in [-0.2, -0.15) is 4.98 Å². The van der Waals surface area contributed by atoms with E-state index in [0.717, 1.165) is 0 Å². The molecule has 0 aliphatic carbocycles. The van der Waals surface area contributed by atoms with Gasteiger partial charge < -0.3 is 26.6 Å². The molecule has 14 heteroatoms. The topological polar surface area (TPSA) is 213 Å². The number of carboxylic acid groups (broad SMARTS) is 2. The third-order valence-electron chi connectivity index (χ3n) is 4.36. The summed E-state index contributed by atoms with van der Waals surface area (Å²) in [6.45, 7) is 0.231. The van der Waals surface area contributed by atoms with Crippen LogP contribution < -0.4 is 21.9 Å². The molecule has 2 aromatic heterocycles. The Hall–Kier alpha value is -3.55. The van der Waals surface area contributed by atoms with E-state index in [2.05, 4.69) is 30.6 Å². The Labute approximate surface area is 208 Å². The standard InChI is InChI=1S/C19H19N7O6.Na/c20-19-25-15-14(17(30)26-19)23-11(8-22-15)7-21-10-3-1-9(2-4-10)16(29)24-12(18(31)32)5-6-13(27)28;/h1-4,8,12,21H,5-7H2,(H,24,29)(H,27,28)(H,31,32)(H3,20,22,25,26,30);/t12-;/m0./s1. The number of nitrogens with one attached hydrogen (secondary N) is 3. The number of carbonyl (C=O) groups excluding carboxylic acids is 1. The van der Waals surface area contributed by atoms with E-state index in [1.54, 1.807) is 12.1 Å². The fourth-order valence-electron chi connectivity index (χ4n) is 2.75. The summed E-state index contributed by atoms with van der Waals surface area (Å²) in [5.74, 6) is -3.16. The fraction of sp³-hybridized carbons (Fsp3) is 0.211. The van der Waals surface area contributed by atoms with Crippen LogP contribution in [-0.4, -0.2) is 83.6 Å². The second-order valence-electron chi connectivity index (χ2n) is 6.71. The van der Waals surface area contributed by atoms with Crippen molar-refractivity contribution in [3.05, 3.63) is 52.1 Å². The Morgan fingerprint density at radius 1 is 1.12 bits per heavy atom. The van der Waals surface area contributed by atoms with Crippen molar-refractivity contribution in [3.63, 3.8) is 0 Å². The summed E-state index contributed by atoms with van der Waals surface area (Å²) in [6.07, 6.45) is 0.840. The van der Waals surface area contributed by atoms with Crippen LogP contribution in [0.25, 0.3) is 11.2 Å². The number of carbonyl (C=O) groups is 3. The van der Waals surface area contributed by atoms with E-state index < -0.39 is 29.4 Å². The van der Waals surface area contributed by atoms with Crippen molar-refractivity contribution in [2.75, 3.05) is 11.1 Å². The number of carboxylic acids is 2. The largest absolute Gasteiger partial charge is 0.481 e. The minimum Gasteiger partial charge on any atom is -0.481 e. The van der Waals surface area contributed by atoms with Crippen molar-refractivity contribution >= 4 is 70.2 Å². The predicted octanol–water partition coefficient (Wildman–Crippen LogP) is -0.426. The van der Waals surface area contributed by atoms with Crippen molar-refractivity contribution in [3.8, 4) is 0 Å². The molecule has 3 aromatic rings. The van der Waals surface area contributed by atoms with Crippen LogP contribution in [0.3, 0.4) is 0 Å². The minimum atomic E-state index is -1.31. The van der Waals surface area contributed by atoms with Gasteiger partial charge >= 0.3 is 11.9 Å². The molecule has 0 fully saturated rings. The first-order valence-corrected chi connectivity index (χ1v) is 9.33. The molecule has 33 heavy (non-hydrogen) atoms. The Balaban J connectivity index is 0.00000385. The minimum absolute atomic E-state index is 0. The summed E-state index contributed by atoms with van der Waals surface area (Å²) in [6, 6.07) is 4.86. The number of hydrogen-bond donors (Lipinski definition) is 6. The number of nitrogens with two attached hydrogens (primary N) is 1. The summed E-state index contributed by atoms with van der Waals surface area (Å²) in [5, 5.41) is 23.2. The maximum atomic E-state index is 12.3. The molecule has 2 heterocycles. The van der Waals surface area contributed by atoms with Crippen molar-refractivity contribution in [2.45, 2.75) is 25.4 Å². The molecule has 1 aromatic carbocycles. The van der Waals surface area contributed by atoms with Crippen LogP contribution in [0.5, 0.6) is 0 Å². The van der Waals surface area contributed by atoms with Crippen LogP contribution in [0.15, 0.2) is 35.3 Å². The van der Waals surface area contributed by atoms with E-state index in [1.165, 1.54) is 18.3 Å². The van der Waals surface area contributed by atoms with Gasteiger partial charge in [-0.25, -0.2) is 14.8 Å². The Morgan fingerprint density at radius 3 is 2.45 bits per heavy atom. The van der Waals surface area contributed by atoms with E-state index in [0.29, 0.717) is 11.4 Å². The van der Waals surface area contributed by atoms with Gasteiger partial charge in [0, 0.05) is 47.2 Å². The van der Waals surface area contributed by atoms with Gasteiger partial charge in [0.05, 0.1) is 18.4 Å². The van der Waals surface area contributed by atoms with Crippen LogP contribution in [-0.2, 0) is 16.1 Å². The van der Waals surface area contributed by atoms with Crippen molar-refractivity contribution in [1.29, 1.82) is 0 Å². The van der Waals surface area contributed by atoms with Gasteiger partial charge in [0.2, 0.25) is 5.95 Å². The number of amides is 1. The van der Waals surface area contributed by atoms with Crippen molar-refractivity contribution < 1.29 is 24.6 Å². The summed E-state index contributed by atoms with van der Waals surface area (Å²) in [4.78, 5) is 60.6. The van der Waals surface area contributed by atoms with Gasteiger partial charge in [-0.3, -0.25) is 19.4 Å². The van der Waals surface area contributed by atoms with Crippen molar-refractivity contribution in [1.82, 2.24) is 25.3 Å². The normalized spacial score (nSPS) is 11.3. The molecule has 167 valence electrons. The molecule has 0 aliphatic rings. The number of fused-ring (bicyclic) bond motifs is 1. The summed E-state index contributed by atoms with van der Waals surface area (Å²) in [7, 11) is 0. The van der Waals surface area contributed by atoms with Crippen LogP contribution in [0.2, 0.25) is 0 Å². The first-order valence-electron chi connectivity index (χ1n) is 9.33. The number of rotatable bonds is 9. The SMILES string of the molecule is Nc1nc2ncc(CNc3ccc(C(=O)N[C@@H](CCC(=O)O)C(=O)O)cc3)nc2c(=O)[nH]1.[Na]. The second kappa shape index (κ2) is 11.4. The smallest absolute Gasteiger partial charge is 0.326 e. The van der Waals surface area contributed by atoms with Crippen LogP contribution in [0, 0.1) is 0 Å². The average molecular weight is 464 g/mol. The van der Waals surface area contributed by atoms with E-state index in [1.807, 2.05) is 0 Å². The molecular formula is C19H19N7NaO6. The third kappa shape index (κ3) is 6.97. The Kier molecular flexibility index (Phi) is 8.85. The van der Waals surface area contributed by atoms with Gasteiger partial charge in [0.15, 0.2) is 11.2 Å². The van der Waals surface area contributed by atoms with Gasteiger partial charge in [0.25, 0.3) is 11.5 Å². The van der Waals surface area contributed by atoms with Crippen LogP contribution in [0.1, 0.15) is 28.9 Å². The number of nitrogens with zero attached hydrogens (tertiary/aromatic N) is 3. The van der Waals surface area contributed by atoms with Crippen LogP contribution in [0.4, 0.5) is 11.6 Å². The molecular weight excluding hydrogens is 445 g/mol. The number of aromatic nitrogens is 4. The zero-order valence-corrected chi connectivity index (χ0v) is 19.5. The molecule has 1 amide bonds. The molecule has 13 nitrogen and oxygen atoms in total. The summed E-state index contributed by atoms with van der Waals surface area (Å²) in [5.41, 5.74) is 6.47. The van der Waals surface area contributed by atoms with Gasteiger partial charge in [-0.15, -0.1) is 0 Å². The average Bonchev–Trinajstić information content (AvgIpc) is 2.75. The number of benzene rings is 1. The monoisotopic (exact) mass is 464 g/mol. The molecule has 1 radical (unpaired) electrons. The molecule has 3 rings (SSSR count). The van der Waals surface area contributed by atoms with Gasteiger partial charge in [-0.05, 0) is 30.7 Å². The van der Waals surface area contributed by atoms with E-state index in [9.17, 15) is 19.2 Å². The molecule has 0 bridgehead atoms. The number of H-pyrrole nitrogens is 1. The number of hydrogen-bond acceptors (Lipinski definition) is 9. The first kappa shape index (κ1) is 25.7. The third-order valence-corrected chi connectivity index (χ3v) is 4.36. The van der Waals surface area contributed by atoms with Gasteiger partial charge in [0.1, 0.15) is 6.04 Å². The quantitative estimate of drug-likeness (QED) is 0.224. The molecule has 0 spiro atoms. The van der Waals surface area contributed by atoms with E-state index in [-0.39, 0.29) is 71.6 Å². The molecule has 1 atom stereocenters. The molecule has 0 saturated carbocycles. The van der Waals surface area contributed by atoms with Gasteiger partial charge in [-0.1, -0.05) is 0 Å². The number of aliphatic carboxylic acids is 2. The fourth-order valence-corrected chi connectivity index (χ4v) is 2.75. The summed E-state index contributed by atoms with van der Waals surface area (Å²) >= 11 is 0. The zero-order valence-electron chi connectivity index (χ0n) is 17.5. The number of nitrogen functional groups attached to an aromatic ring is 1. The molecule has 0 aliphatic heterocycles. The maximum absolute atomic E-state index is 12.3. The summed E-state index contributed by atoms with van der Waals surface area (Å²) < 4.78 is 0. The first-order chi connectivity index (χ1) is 15.2. The Bertz CT molecular complexity index is 1230. The molecule has 0 unspecified atom stereocenters. The Morgan fingerprint density at radius 2 is 1.82 bits per heavy atom. The maximum Gasteiger partial charge on any atom is 0.326 e. The van der Waals surface area contributed by atoms with E-state index in [4.69, 9.17) is 15.9 Å². The molecule has 7 N–H and O–H groups in total. The second-order valence-corrected chi connectivity index (χ2v) is 6.71. The van der Waals surface area contributed by atoms with Crippen molar-refractivity contribution in [2.24, 2.45) is 0 Å².